The molecule has 0 radical (unpaired) electrons. The second-order valence-corrected chi connectivity index (χ2v) is 5.78. The third-order valence-electron chi connectivity index (χ3n) is 3.66. The van der Waals surface area contributed by atoms with Crippen LogP contribution in [0.1, 0.15) is 46.0 Å². The molecule has 0 aromatic heterocycles. The van der Waals surface area contributed by atoms with Crippen molar-refractivity contribution in [3.05, 3.63) is 0 Å². The van der Waals surface area contributed by atoms with E-state index >= 15 is 0 Å². The van der Waals surface area contributed by atoms with Crippen LogP contribution in [0.25, 0.3) is 0 Å². The molecule has 0 bridgehead atoms. The zero-order valence-electron chi connectivity index (χ0n) is 12.1. The van der Waals surface area contributed by atoms with E-state index in [4.69, 9.17) is 10.9 Å². The van der Waals surface area contributed by atoms with Crippen molar-refractivity contribution in [1.82, 2.24) is 10.6 Å². The molecule has 114 valence electrons. The van der Waals surface area contributed by atoms with Gasteiger partial charge in [-0.25, -0.2) is 0 Å². The number of unbranched alkanes of at least 4 members (excludes halogenated alkanes) is 1. The molecule has 0 saturated carbocycles. The van der Waals surface area contributed by atoms with E-state index in [0.29, 0.717) is 19.4 Å². The van der Waals surface area contributed by atoms with Gasteiger partial charge in [-0.05, 0) is 25.8 Å². The van der Waals surface area contributed by atoms with Crippen molar-refractivity contribution in [2.24, 2.45) is 16.3 Å². The van der Waals surface area contributed by atoms with Crippen LogP contribution in [0.4, 0.5) is 0 Å². The zero-order valence-corrected chi connectivity index (χ0v) is 12.1. The average molecular weight is 284 g/mol. The molecule has 1 saturated heterocycles. The Hall–Kier alpha value is -1.63. The maximum atomic E-state index is 11.5. The molecule has 1 atom stereocenters. The minimum Gasteiger partial charge on any atom is -0.409 e. The van der Waals surface area contributed by atoms with Gasteiger partial charge in [0.15, 0.2) is 0 Å². The smallest absolute Gasteiger partial charge is 0.243 e. The fourth-order valence-electron chi connectivity index (χ4n) is 2.12. The molecule has 2 amide bonds. The molecule has 1 aliphatic rings. The van der Waals surface area contributed by atoms with Crippen LogP contribution in [0.2, 0.25) is 0 Å². The summed E-state index contributed by atoms with van der Waals surface area (Å²) in [6, 6.07) is -0.273. The van der Waals surface area contributed by atoms with Gasteiger partial charge in [0.1, 0.15) is 5.84 Å². The molecule has 7 heteroatoms. The number of oxime groups is 1. The molecular weight excluding hydrogens is 260 g/mol. The predicted molar refractivity (Wildman–Crippen MR) is 75.2 cm³/mol. The van der Waals surface area contributed by atoms with Gasteiger partial charge in [0, 0.05) is 11.8 Å². The van der Waals surface area contributed by atoms with Crippen LogP contribution in [0, 0.1) is 5.41 Å². The fraction of sp³-hybridized carbons (Fsp3) is 0.769. The molecule has 1 heterocycles. The van der Waals surface area contributed by atoms with Gasteiger partial charge < -0.3 is 16.3 Å². The highest BCUT2D eigenvalue weighted by Crippen LogP contribution is 2.23. The number of piperidine rings is 1. The summed E-state index contributed by atoms with van der Waals surface area (Å²) in [6.07, 6.45) is 3.55. The first-order valence-electron chi connectivity index (χ1n) is 6.92. The number of carbonyl (C=O) groups is 2. The molecule has 0 spiro atoms. The number of amides is 2. The SMILES string of the molecule is CC(C)(CCCCNC1CCC(=O)NC1=O)C(N)=NO. The summed E-state index contributed by atoms with van der Waals surface area (Å²) >= 11 is 0. The van der Waals surface area contributed by atoms with Crippen LogP contribution < -0.4 is 16.4 Å². The van der Waals surface area contributed by atoms with Crippen LogP contribution in [-0.2, 0) is 9.59 Å². The first-order chi connectivity index (χ1) is 9.36. The lowest BCUT2D eigenvalue weighted by molar-refractivity contribution is -0.134. The van der Waals surface area contributed by atoms with Gasteiger partial charge in [-0.2, -0.15) is 0 Å². The van der Waals surface area contributed by atoms with Gasteiger partial charge in [0.2, 0.25) is 11.8 Å². The first-order valence-corrected chi connectivity index (χ1v) is 6.92. The van der Waals surface area contributed by atoms with Crippen LogP contribution in [0.15, 0.2) is 5.16 Å². The average Bonchev–Trinajstić information content (AvgIpc) is 2.39. The van der Waals surface area contributed by atoms with Crippen molar-refractivity contribution in [3.63, 3.8) is 0 Å². The topological polar surface area (TPSA) is 117 Å². The third kappa shape index (κ3) is 4.80. The molecule has 1 fully saturated rings. The largest absolute Gasteiger partial charge is 0.409 e. The Labute approximate surface area is 119 Å². The maximum absolute atomic E-state index is 11.5. The van der Waals surface area contributed by atoms with Crippen molar-refractivity contribution >= 4 is 17.6 Å². The van der Waals surface area contributed by atoms with Crippen molar-refractivity contribution in [1.29, 1.82) is 0 Å². The van der Waals surface area contributed by atoms with Gasteiger partial charge in [-0.15, -0.1) is 0 Å². The zero-order chi connectivity index (χ0) is 15.2. The fourth-order valence-corrected chi connectivity index (χ4v) is 2.12. The van der Waals surface area contributed by atoms with E-state index in [1.807, 2.05) is 13.8 Å². The molecular formula is C13H24N4O3. The highest BCUT2D eigenvalue weighted by Gasteiger charge is 2.26. The van der Waals surface area contributed by atoms with E-state index in [-0.39, 0.29) is 29.1 Å². The van der Waals surface area contributed by atoms with Crippen molar-refractivity contribution in [2.45, 2.75) is 52.0 Å². The minimum absolute atomic E-state index is 0.200. The molecule has 0 aliphatic carbocycles. The molecule has 1 rings (SSSR count). The quantitative estimate of drug-likeness (QED) is 0.134. The van der Waals surface area contributed by atoms with Crippen molar-refractivity contribution in [2.75, 3.05) is 6.54 Å². The summed E-state index contributed by atoms with van der Waals surface area (Å²) < 4.78 is 0. The number of hydrogen-bond donors (Lipinski definition) is 4. The van der Waals surface area contributed by atoms with Gasteiger partial charge in [-0.1, -0.05) is 25.4 Å². The summed E-state index contributed by atoms with van der Waals surface area (Å²) in [5.41, 5.74) is 5.28. The van der Waals surface area contributed by atoms with E-state index in [2.05, 4.69) is 15.8 Å². The third-order valence-corrected chi connectivity index (χ3v) is 3.66. The maximum Gasteiger partial charge on any atom is 0.243 e. The van der Waals surface area contributed by atoms with E-state index in [1.165, 1.54) is 0 Å². The Morgan fingerprint density at radius 1 is 1.50 bits per heavy atom. The van der Waals surface area contributed by atoms with Gasteiger partial charge in [-0.3, -0.25) is 14.9 Å². The minimum atomic E-state index is -0.330. The van der Waals surface area contributed by atoms with E-state index in [0.717, 1.165) is 19.3 Å². The second kappa shape index (κ2) is 7.23. The molecule has 0 aromatic rings. The van der Waals surface area contributed by atoms with E-state index in [1.54, 1.807) is 0 Å². The van der Waals surface area contributed by atoms with Crippen LogP contribution in [0.5, 0.6) is 0 Å². The molecule has 1 unspecified atom stereocenters. The lowest BCUT2D eigenvalue weighted by atomic mass is 9.86. The summed E-state index contributed by atoms with van der Waals surface area (Å²) in [5, 5.41) is 17.2. The number of amidine groups is 1. The predicted octanol–water partition coefficient (Wildman–Crippen LogP) is 0.324. The Morgan fingerprint density at radius 2 is 2.20 bits per heavy atom. The second-order valence-electron chi connectivity index (χ2n) is 5.78. The monoisotopic (exact) mass is 284 g/mol. The van der Waals surface area contributed by atoms with Crippen molar-refractivity contribution < 1.29 is 14.8 Å². The van der Waals surface area contributed by atoms with E-state index in [9.17, 15) is 9.59 Å². The molecule has 0 aromatic carbocycles. The Balaban J connectivity index is 2.19. The Bertz CT molecular complexity index is 393. The summed E-state index contributed by atoms with van der Waals surface area (Å²) in [6.45, 7) is 4.56. The number of carbonyl (C=O) groups excluding carboxylic acids is 2. The summed E-state index contributed by atoms with van der Waals surface area (Å²) in [7, 11) is 0. The molecule has 20 heavy (non-hydrogen) atoms. The van der Waals surface area contributed by atoms with Crippen LogP contribution in [0.3, 0.4) is 0 Å². The standard InChI is InChI=1S/C13H24N4O3/c1-13(2,12(14)17-20)7-3-4-8-15-9-5-6-10(18)16-11(9)19/h9,15,20H,3-8H2,1-2H3,(H2,14,17)(H,16,18,19). The Kier molecular flexibility index (Phi) is 5.94. The molecule has 5 N–H and O–H groups in total. The van der Waals surface area contributed by atoms with Crippen LogP contribution >= 0.6 is 0 Å². The van der Waals surface area contributed by atoms with Crippen molar-refractivity contribution in [3.8, 4) is 0 Å². The normalized spacial score (nSPS) is 20.9. The number of nitrogens with one attached hydrogen (secondary N) is 2. The molecule has 1 aliphatic heterocycles. The Morgan fingerprint density at radius 3 is 2.80 bits per heavy atom. The first kappa shape index (κ1) is 16.4. The van der Waals surface area contributed by atoms with Gasteiger partial charge in [0.05, 0.1) is 6.04 Å². The van der Waals surface area contributed by atoms with Crippen LogP contribution in [-0.4, -0.2) is 35.4 Å². The molecule has 7 nitrogen and oxygen atoms in total. The highest BCUT2D eigenvalue weighted by molar-refractivity contribution is 6.00. The lowest BCUT2D eigenvalue weighted by Crippen LogP contribution is -2.50. The summed E-state index contributed by atoms with van der Waals surface area (Å²) in [4.78, 5) is 22.5. The van der Waals surface area contributed by atoms with Gasteiger partial charge >= 0.3 is 0 Å². The summed E-state index contributed by atoms with van der Waals surface area (Å²) in [5.74, 6) is -0.206. The lowest BCUT2D eigenvalue weighted by Gasteiger charge is -2.24. The van der Waals surface area contributed by atoms with Gasteiger partial charge in [0.25, 0.3) is 0 Å². The number of imide groups is 1. The van der Waals surface area contributed by atoms with E-state index < -0.39 is 0 Å². The number of hydrogen-bond acceptors (Lipinski definition) is 5. The number of rotatable bonds is 7. The highest BCUT2D eigenvalue weighted by atomic mass is 16.4. The number of nitrogens with zero attached hydrogens (tertiary/aromatic N) is 1. The number of nitrogens with two attached hydrogens (primary N) is 1.